The van der Waals surface area contributed by atoms with E-state index in [4.69, 9.17) is 16.3 Å². The van der Waals surface area contributed by atoms with Gasteiger partial charge < -0.3 is 10.1 Å². The highest BCUT2D eigenvalue weighted by molar-refractivity contribution is 6.31. The van der Waals surface area contributed by atoms with Gasteiger partial charge in [-0.05, 0) is 41.3 Å². The molecule has 5 rings (SSSR count). The fourth-order valence-corrected chi connectivity index (χ4v) is 4.15. The van der Waals surface area contributed by atoms with E-state index < -0.39 is 0 Å². The van der Waals surface area contributed by atoms with Crippen molar-refractivity contribution in [1.82, 2.24) is 14.8 Å². The monoisotopic (exact) mass is 416 g/mol. The van der Waals surface area contributed by atoms with Gasteiger partial charge in [-0.2, -0.15) is 10.1 Å². The molecule has 0 amide bonds. The van der Waals surface area contributed by atoms with Gasteiger partial charge in [-0.1, -0.05) is 72.3 Å². The SMILES string of the molecule is Clc1ccccc1[C@@H]1C[C@H](c2ccc(OCc3ccccc3)cc2)n2ncnc2N1. The molecule has 0 saturated heterocycles. The Hall–Kier alpha value is -3.31. The highest BCUT2D eigenvalue weighted by Crippen LogP contribution is 2.39. The van der Waals surface area contributed by atoms with E-state index in [-0.39, 0.29) is 12.1 Å². The molecule has 0 fully saturated rings. The van der Waals surface area contributed by atoms with Crippen LogP contribution in [0.25, 0.3) is 0 Å². The van der Waals surface area contributed by atoms with E-state index >= 15 is 0 Å². The second-order valence-corrected chi connectivity index (χ2v) is 7.75. The van der Waals surface area contributed by atoms with Gasteiger partial charge in [-0.3, -0.25) is 0 Å². The van der Waals surface area contributed by atoms with Crippen molar-refractivity contribution in [2.24, 2.45) is 0 Å². The smallest absolute Gasteiger partial charge is 0.222 e. The van der Waals surface area contributed by atoms with Crippen LogP contribution in [0.15, 0.2) is 85.2 Å². The Morgan fingerprint density at radius 3 is 2.53 bits per heavy atom. The van der Waals surface area contributed by atoms with Gasteiger partial charge >= 0.3 is 0 Å². The molecule has 0 bridgehead atoms. The lowest BCUT2D eigenvalue weighted by atomic mass is 9.93. The zero-order valence-corrected chi connectivity index (χ0v) is 17.0. The first-order valence-corrected chi connectivity index (χ1v) is 10.3. The van der Waals surface area contributed by atoms with Crippen LogP contribution in [0.5, 0.6) is 5.75 Å². The number of fused-ring (bicyclic) bond motifs is 1. The van der Waals surface area contributed by atoms with Crippen LogP contribution < -0.4 is 10.1 Å². The third kappa shape index (κ3) is 3.76. The maximum Gasteiger partial charge on any atom is 0.222 e. The molecule has 3 aromatic carbocycles. The Balaban J connectivity index is 1.37. The molecule has 1 aromatic heterocycles. The first-order valence-electron chi connectivity index (χ1n) is 9.95. The average Bonchev–Trinajstić information content (AvgIpc) is 3.27. The number of hydrogen-bond donors (Lipinski definition) is 1. The van der Waals surface area contributed by atoms with Gasteiger partial charge in [0.05, 0.1) is 12.1 Å². The first-order chi connectivity index (χ1) is 14.8. The molecule has 30 heavy (non-hydrogen) atoms. The Morgan fingerprint density at radius 2 is 1.73 bits per heavy atom. The number of ether oxygens (including phenoxy) is 1. The van der Waals surface area contributed by atoms with Gasteiger partial charge in [0.25, 0.3) is 0 Å². The van der Waals surface area contributed by atoms with Crippen molar-refractivity contribution in [3.8, 4) is 5.75 Å². The highest BCUT2D eigenvalue weighted by Gasteiger charge is 2.30. The van der Waals surface area contributed by atoms with E-state index in [2.05, 4.69) is 45.7 Å². The first kappa shape index (κ1) is 18.7. The second kappa shape index (κ2) is 8.20. The average molecular weight is 417 g/mol. The molecule has 1 aliphatic rings. The fourth-order valence-electron chi connectivity index (χ4n) is 3.89. The van der Waals surface area contributed by atoms with Gasteiger partial charge in [-0.25, -0.2) is 4.68 Å². The molecule has 0 saturated carbocycles. The van der Waals surface area contributed by atoms with Gasteiger partial charge in [0.15, 0.2) is 0 Å². The number of rotatable bonds is 5. The highest BCUT2D eigenvalue weighted by atomic mass is 35.5. The molecule has 150 valence electrons. The Morgan fingerprint density at radius 1 is 0.967 bits per heavy atom. The Labute approximate surface area is 180 Å². The molecule has 4 aromatic rings. The summed E-state index contributed by atoms with van der Waals surface area (Å²) >= 11 is 6.46. The van der Waals surface area contributed by atoms with Crippen molar-refractivity contribution in [1.29, 1.82) is 0 Å². The topological polar surface area (TPSA) is 52.0 Å². The molecule has 2 heterocycles. The minimum absolute atomic E-state index is 0.0631. The minimum atomic E-state index is 0.0631. The summed E-state index contributed by atoms with van der Waals surface area (Å²) in [6, 6.07) is 26.5. The van der Waals surface area contributed by atoms with Gasteiger partial charge in [-0.15, -0.1) is 0 Å². The molecule has 2 atom stereocenters. The molecule has 1 N–H and O–H groups in total. The van der Waals surface area contributed by atoms with Crippen LogP contribution in [0.1, 0.15) is 35.2 Å². The predicted octanol–water partition coefficient (Wildman–Crippen LogP) is 5.66. The summed E-state index contributed by atoms with van der Waals surface area (Å²) in [5.74, 6) is 1.60. The largest absolute Gasteiger partial charge is 0.489 e. The Bertz CT molecular complexity index is 1130. The van der Waals surface area contributed by atoms with Crippen molar-refractivity contribution < 1.29 is 4.74 Å². The lowest BCUT2D eigenvalue weighted by Gasteiger charge is -2.32. The van der Waals surface area contributed by atoms with E-state index in [1.807, 2.05) is 53.2 Å². The molecule has 5 nitrogen and oxygen atoms in total. The normalized spacial score (nSPS) is 17.8. The lowest BCUT2D eigenvalue weighted by Crippen LogP contribution is -2.28. The third-order valence-electron chi connectivity index (χ3n) is 5.42. The molecular formula is C24H21ClN4O. The number of hydrogen-bond acceptors (Lipinski definition) is 4. The van der Waals surface area contributed by atoms with E-state index in [1.165, 1.54) is 0 Å². The van der Waals surface area contributed by atoms with Crippen molar-refractivity contribution in [3.05, 3.63) is 107 Å². The van der Waals surface area contributed by atoms with Crippen molar-refractivity contribution in [3.63, 3.8) is 0 Å². The predicted molar refractivity (Wildman–Crippen MR) is 118 cm³/mol. The maximum atomic E-state index is 6.46. The zero-order valence-electron chi connectivity index (χ0n) is 16.3. The van der Waals surface area contributed by atoms with Crippen LogP contribution in [-0.4, -0.2) is 14.8 Å². The number of halogens is 1. The quantitative estimate of drug-likeness (QED) is 0.456. The van der Waals surface area contributed by atoms with Gasteiger partial charge in [0, 0.05) is 5.02 Å². The van der Waals surface area contributed by atoms with E-state index in [0.717, 1.165) is 39.8 Å². The molecule has 0 spiro atoms. The summed E-state index contributed by atoms with van der Waals surface area (Å²) in [5, 5.41) is 8.66. The molecule has 0 unspecified atom stereocenters. The molecular weight excluding hydrogens is 396 g/mol. The lowest BCUT2D eigenvalue weighted by molar-refractivity contribution is 0.306. The molecule has 1 aliphatic heterocycles. The van der Waals surface area contributed by atoms with Crippen LogP contribution in [-0.2, 0) is 6.61 Å². The van der Waals surface area contributed by atoms with Crippen LogP contribution in [0.2, 0.25) is 5.02 Å². The van der Waals surface area contributed by atoms with E-state index in [9.17, 15) is 0 Å². The number of benzene rings is 3. The van der Waals surface area contributed by atoms with Gasteiger partial charge in [0.1, 0.15) is 18.7 Å². The van der Waals surface area contributed by atoms with Crippen LogP contribution in [0.3, 0.4) is 0 Å². The summed E-state index contributed by atoms with van der Waals surface area (Å²) in [6.07, 6.45) is 2.41. The van der Waals surface area contributed by atoms with Crippen molar-refractivity contribution in [2.75, 3.05) is 5.32 Å². The summed E-state index contributed by atoms with van der Waals surface area (Å²) < 4.78 is 7.87. The number of nitrogens with zero attached hydrogens (tertiary/aromatic N) is 3. The number of nitrogens with one attached hydrogen (secondary N) is 1. The summed E-state index contributed by atoms with van der Waals surface area (Å²) in [7, 11) is 0. The van der Waals surface area contributed by atoms with Crippen molar-refractivity contribution >= 4 is 17.5 Å². The molecule has 0 aliphatic carbocycles. The minimum Gasteiger partial charge on any atom is -0.489 e. The zero-order chi connectivity index (χ0) is 20.3. The van der Waals surface area contributed by atoms with E-state index in [1.54, 1.807) is 6.33 Å². The third-order valence-corrected chi connectivity index (χ3v) is 5.77. The number of aromatic nitrogens is 3. The van der Waals surface area contributed by atoms with Crippen LogP contribution >= 0.6 is 11.6 Å². The second-order valence-electron chi connectivity index (χ2n) is 7.34. The maximum absolute atomic E-state index is 6.46. The van der Waals surface area contributed by atoms with Crippen LogP contribution in [0.4, 0.5) is 5.95 Å². The van der Waals surface area contributed by atoms with Crippen LogP contribution in [0, 0.1) is 0 Å². The standard InChI is InChI=1S/C24H21ClN4O/c25-21-9-5-4-8-20(21)22-14-23(29-24(28-22)26-16-27-29)18-10-12-19(13-11-18)30-15-17-6-2-1-3-7-17/h1-13,16,22-23H,14-15H2,(H,26,27,28)/t22-,23+/m0/s1. The fraction of sp³-hybridized carbons (Fsp3) is 0.167. The van der Waals surface area contributed by atoms with E-state index in [0.29, 0.717) is 6.61 Å². The summed E-state index contributed by atoms with van der Waals surface area (Å²) in [5.41, 5.74) is 3.38. The number of anilines is 1. The molecule has 0 radical (unpaired) electrons. The summed E-state index contributed by atoms with van der Waals surface area (Å²) in [4.78, 5) is 4.39. The summed E-state index contributed by atoms with van der Waals surface area (Å²) in [6.45, 7) is 0.551. The molecule has 6 heteroatoms. The van der Waals surface area contributed by atoms with Gasteiger partial charge in [0.2, 0.25) is 5.95 Å². The Kier molecular flexibility index (Phi) is 5.11. The van der Waals surface area contributed by atoms with Crippen molar-refractivity contribution in [2.45, 2.75) is 25.1 Å².